The minimum absolute atomic E-state index is 0.0552. The van der Waals surface area contributed by atoms with E-state index in [0.29, 0.717) is 23.5 Å². The lowest BCUT2D eigenvalue weighted by Crippen LogP contribution is -2.56. The first kappa shape index (κ1) is 17.3. The van der Waals surface area contributed by atoms with Gasteiger partial charge in [0.1, 0.15) is 23.1 Å². The third kappa shape index (κ3) is 3.07. The van der Waals surface area contributed by atoms with Gasteiger partial charge in [0, 0.05) is 19.6 Å². The molecule has 2 N–H and O–H groups in total. The Morgan fingerprint density at radius 3 is 2.48 bits per heavy atom. The number of aromatic nitrogens is 1. The summed E-state index contributed by atoms with van der Waals surface area (Å²) < 4.78 is 0. The predicted molar refractivity (Wildman–Crippen MR) is 88.5 cm³/mol. The normalized spacial score (nSPS) is 20.1. The second-order valence-electron chi connectivity index (χ2n) is 6.15. The van der Waals surface area contributed by atoms with E-state index in [-0.39, 0.29) is 36.3 Å². The van der Waals surface area contributed by atoms with Crippen molar-refractivity contribution in [3.8, 4) is 12.1 Å². The fourth-order valence-corrected chi connectivity index (χ4v) is 3.47. The summed E-state index contributed by atoms with van der Waals surface area (Å²) in [5.41, 5.74) is 1.21. The number of carbonyl (C=O) groups is 1. The van der Waals surface area contributed by atoms with E-state index in [0.717, 1.165) is 12.8 Å². The molecule has 1 aromatic heterocycles. The Morgan fingerprint density at radius 2 is 1.96 bits per heavy atom. The molecule has 9 heteroatoms. The molecule has 0 radical (unpaired) electrons. The number of aliphatic hydroxyl groups is 1. The Balaban J connectivity index is 2.02. The van der Waals surface area contributed by atoms with E-state index in [2.05, 4.69) is 11.1 Å². The largest absolute Gasteiger partial charge is 0.465 e. The van der Waals surface area contributed by atoms with E-state index in [9.17, 15) is 25.5 Å². The zero-order chi connectivity index (χ0) is 18.1. The van der Waals surface area contributed by atoms with E-state index in [1.165, 1.54) is 4.90 Å². The maximum atomic E-state index is 11.3. The molecule has 1 unspecified atom stereocenters. The van der Waals surface area contributed by atoms with Gasteiger partial charge in [-0.25, -0.2) is 9.78 Å². The van der Waals surface area contributed by atoms with Crippen molar-refractivity contribution in [1.29, 1.82) is 10.5 Å². The summed E-state index contributed by atoms with van der Waals surface area (Å²) in [6.45, 7) is 0.390. The lowest BCUT2D eigenvalue weighted by Gasteiger charge is -2.40. The second-order valence-corrected chi connectivity index (χ2v) is 6.50. The molecular formula is C16H16ClN5O3. The zero-order valence-electron chi connectivity index (χ0n) is 13.3. The Bertz CT molecular complexity index is 796. The van der Waals surface area contributed by atoms with Crippen LogP contribution < -0.4 is 4.90 Å². The number of carboxylic acid groups (broad SMARTS) is 1. The third-order valence-electron chi connectivity index (χ3n) is 4.62. The molecule has 1 aliphatic carbocycles. The lowest BCUT2D eigenvalue weighted by atomic mass is 9.99. The highest BCUT2D eigenvalue weighted by Crippen LogP contribution is 2.46. The number of halogens is 1. The van der Waals surface area contributed by atoms with E-state index in [4.69, 9.17) is 11.6 Å². The SMILES string of the molecule is N#Cc1c(Cl)nc(N2CCN(C(=O)O)C(CO)C2)c(C#N)c1C1CC1. The van der Waals surface area contributed by atoms with Gasteiger partial charge in [0.2, 0.25) is 0 Å². The highest BCUT2D eigenvalue weighted by molar-refractivity contribution is 6.30. The summed E-state index contributed by atoms with van der Waals surface area (Å²) >= 11 is 6.18. The first-order chi connectivity index (χ1) is 12.0. The number of hydrogen-bond acceptors (Lipinski definition) is 6. The predicted octanol–water partition coefficient (Wildman–Crippen LogP) is 1.52. The summed E-state index contributed by atoms with van der Waals surface area (Å²) in [5, 5.41) is 37.8. The van der Waals surface area contributed by atoms with Crippen LogP contribution in [0.3, 0.4) is 0 Å². The fourth-order valence-electron chi connectivity index (χ4n) is 3.24. The zero-order valence-corrected chi connectivity index (χ0v) is 14.1. The summed E-state index contributed by atoms with van der Waals surface area (Å²) in [4.78, 5) is 18.4. The number of nitrogens with zero attached hydrogens (tertiary/aromatic N) is 5. The third-order valence-corrected chi connectivity index (χ3v) is 4.89. The smallest absolute Gasteiger partial charge is 0.407 e. The van der Waals surface area contributed by atoms with Crippen molar-refractivity contribution in [3.05, 3.63) is 21.8 Å². The minimum atomic E-state index is -1.09. The van der Waals surface area contributed by atoms with Crippen LogP contribution in [-0.2, 0) is 0 Å². The topological polar surface area (TPSA) is 124 Å². The van der Waals surface area contributed by atoms with Crippen LogP contribution in [0.1, 0.15) is 35.4 Å². The van der Waals surface area contributed by atoms with E-state index < -0.39 is 12.1 Å². The Kier molecular flexibility index (Phi) is 4.67. The molecule has 1 saturated carbocycles. The first-order valence-corrected chi connectivity index (χ1v) is 8.28. The van der Waals surface area contributed by atoms with E-state index in [1.807, 2.05) is 6.07 Å². The number of hydrogen-bond donors (Lipinski definition) is 2. The molecule has 3 rings (SSSR count). The van der Waals surface area contributed by atoms with Crippen molar-refractivity contribution >= 4 is 23.5 Å². The number of rotatable bonds is 3. The summed E-state index contributed by atoms with van der Waals surface area (Å²) in [6.07, 6.45) is 0.702. The van der Waals surface area contributed by atoms with Crippen LogP contribution in [0.2, 0.25) is 5.15 Å². The van der Waals surface area contributed by atoms with Crippen molar-refractivity contribution in [2.75, 3.05) is 31.1 Å². The van der Waals surface area contributed by atoms with Gasteiger partial charge in [-0.2, -0.15) is 10.5 Å². The van der Waals surface area contributed by atoms with Crippen molar-refractivity contribution in [2.45, 2.75) is 24.8 Å². The molecule has 2 fully saturated rings. The highest BCUT2D eigenvalue weighted by Gasteiger charge is 2.36. The van der Waals surface area contributed by atoms with Gasteiger partial charge in [-0.15, -0.1) is 0 Å². The number of amides is 1. The molecule has 1 saturated heterocycles. The number of nitriles is 2. The standard InChI is InChI=1S/C16H16ClN5O3/c17-14-11(5-18)13(9-1-2-9)12(6-19)15(20-14)21-3-4-22(16(24)25)10(7-21)8-23/h9-10,23H,1-4,7-8H2,(H,24,25). The van der Waals surface area contributed by atoms with Gasteiger partial charge in [-0.1, -0.05) is 11.6 Å². The summed E-state index contributed by atoms with van der Waals surface area (Å²) in [7, 11) is 0. The first-order valence-electron chi connectivity index (χ1n) is 7.90. The van der Waals surface area contributed by atoms with Gasteiger partial charge in [0.25, 0.3) is 0 Å². The van der Waals surface area contributed by atoms with Crippen LogP contribution in [0.5, 0.6) is 0 Å². The molecule has 0 spiro atoms. The van der Waals surface area contributed by atoms with Crippen LogP contribution in [-0.4, -0.2) is 58.5 Å². The van der Waals surface area contributed by atoms with Crippen LogP contribution in [0, 0.1) is 22.7 Å². The number of pyridine rings is 1. The van der Waals surface area contributed by atoms with Gasteiger partial charge in [0.15, 0.2) is 0 Å². The molecule has 8 nitrogen and oxygen atoms in total. The van der Waals surface area contributed by atoms with Gasteiger partial charge in [-0.3, -0.25) is 4.90 Å². The number of aliphatic hydroxyl groups excluding tert-OH is 1. The molecule has 130 valence electrons. The van der Waals surface area contributed by atoms with Crippen LogP contribution >= 0.6 is 11.6 Å². The van der Waals surface area contributed by atoms with Gasteiger partial charge in [0.05, 0.1) is 23.8 Å². The molecule has 2 heterocycles. The van der Waals surface area contributed by atoms with Gasteiger partial charge >= 0.3 is 6.09 Å². The van der Waals surface area contributed by atoms with Crippen LogP contribution in [0.15, 0.2) is 0 Å². The molecular weight excluding hydrogens is 346 g/mol. The Labute approximate surface area is 149 Å². The maximum Gasteiger partial charge on any atom is 0.407 e. The average Bonchev–Trinajstić information content (AvgIpc) is 3.44. The van der Waals surface area contributed by atoms with E-state index >= 15 is 0 Å². The van der Waals surface area contributed by atoms with E-state index in [1.54, 1.807) is 4.90 Å². The second kappa shape index (κ2) is 6.75. The highest BCUT2D eigenvalue weighted by atomic mass is 35.5. The van der Waals surface area contributed by atoms with Crippen LogP contribution in [0.25, 0.3) is 0 Å². The van der Waals surface area contributed by atoms with Crippen molar-refractivity contribution in [1.82, 2.24) is 9.88 Å². The van der Waals surface area contributed by atoms with Crippen molar-refractivity contribution < 1.29 is 15.0 Å². The molecule has 2 aliphatic rings. The monoisotopic (exact) mass is 361 g/mol. The van der Waals surface area contributed by atoms with Crippen molar-refractivity contribution in [2.24, 2.45) is 0 Å². The lowest BCUT2D eigenvalue weighted by molar-refractivity contribution is 0.0909. The average molecular weight is 362 g/mol. The molecule has 1 aromatic rings. The number of piperazine rings is 1. The molecule has 1 amide bonds. The molecule has 25 heavy (non-hydrogen) atoms. The van der Waals surface area contributed by atoms with Crippen molar-refractivity contribution in [3.63, 3.8) is 0 Å². The minimum Gasteiger partial charge on any atom is -0.465 e. The summed E-state index contributed by atoms with van der Waals surface area (Å²) in [5.74, 6) is 0.495. The van der Waals surface area contributed by atoms with Crippen LogP contribution in [0.4, 0.5) is 10.6 Å². The molecule has 0 aromatic carbocycles. The number of anilines is 1. The Hall–Kier alpha value is -2.55. The molecule has 1 aliphatic heterocycles. The molecule has 0 bridgehead atoms. The maximum absolute atomic E-state index is 11.3. The molecule has 1 atom stereocenters. The summed E-state index contributed by atoms with van der Waals surface area (Å²) in [6, 6.07) is 3.57. The Morgan fingerprint density at radius 1 is 1.28 bits per heavy atom. The van der Waals surface area contributed by atoms with Gasteiger partial charge < -0.3 is 15.1 Å². The quantitative estimate of drug-likeness (QED) is 0.782. The fraction of sp³-hybridized carbons (Fsp3) is 0.500. The van der Waals surface area contributed by atoms with Gasteiger partial charge in [-0.05, 0) is 24.3 Å².